The van der Waals surface area contributed by atoms with Crippen LogP contribution in [0.3, 0.4) is 0 Å². The number of aliphatic imine (C=N–C) groups is 1. The number of para-hydroxylation sites is 1. The maximum atomic E-state index is 14.4. The Morgan fingerprint density at radius 2 is 1.33 bits per heavy atom. The van der Waals surface area contributed by atoms with E-state index in [-0.39, 0.29) is 75.8 Å². The number of fused-ring (bicyclic) bond motifs is 1. The van der Waals surface area contributed by atoms with Gasteiger partial charge in [-0.2, -0.15) is 0 Å². The summed E-state index contributed by atoms with van der Waals surface area (Å²) in [5, 5.41) is 41.3. The van der Waals surface area contributed by atoms with Crippen molar-refractivity contribution in [3.8, 4) is 0 Å². The van der Waals surface area contributed by atoms with Gasteiger partial charge in [-0.1, -0.05) is 92.7 Å². The summed E-state index contributed by atoms with van der Waals surface area (Å²) in [6, 6.07) is 10.5. The Morgan fingerprint density at radius 1 is 0.697 bits per heavy atom. The zero-order chi connectivity index (χ0) is 65.1. The Bertz CT molecular complexity index is 3200. The molecule has 0 spiro atoms. The maximum Gasteiger partial charge on any atom is 0.334 e. The number of rotatable bonds is 28. The Kier molecular flexibility index (Phi) is 24.9. The van der Waals surface area contributed by atoms with E-state index in [1.165, 1.54) is 23.8 Å². The zero-order valence-electron chi connectivity index (χ0n) is 50.3. The quantitative estimate of drug-likeness (QED) is 0.0125. The summed E-state index contributed by atoms with van der Waals surface area (Å²) < 4.78 is 0. The van der Waals surface area contributed by atoms with Crippen LogP contribution in [-0.2, 0) is 60.8 Å². The largest absolute Gasteiger partial charge is 0.391 e. The smallest absolute Gasteiger partial charge is 0.334 e. The number of nitrogens with zero attached hydrogens (tertiary/aromatic N) is 3. The number of guanidine groups is 1. The van der Waals surface area contributed by atoms with E-state index in [0.29, 0.717) is 23.1 Å². The van der Waals surface area contributed by atoms with Gasteiger partial charge in [0.1, 0.15) is 48.3 Å². The Labute approximate surface area is 514 Å². The van der Waals surface area contributed by atoms with Crippen molar-refractivity contribution in [2.75, 3.05) is 20.1 Å². The molecular formula is C60H82N16O13. The third kappa shape index (κ3) is 19.2. The van der Waals surface area contributed by atoms with Crippen LogP contribution < -0.4 is 65.3 Å². The molecule has 2 saturated heterocycles. The number of amides is 12. The molecule has 2 aliphatic rings. The molecule has 480 valence electrons. The van der Waals surface area contributed by atoms with E-state index in [1.54, 1.807) is 80.7 Å². The molecule has 2 aliphatic heterocycles. The minimum Gasteiger partial charge on any atom is -0.391 e. The van der Waals surface area contributed by atoms with Crippen molar-refractivity contribution in [3.63, 3.8) is 0 Å². The number of nitrogens with one attached hydrogen (secondary N) is 10. The number of aromatic amines is 1. The van der Waals surface area contributed by atoms with Crippen LogP contribution in [-0.4, -0.2) is 177 Å². The predicted molar refractivity (Wildman–Crippen MR) is 325 cm³/mol. The van der Waals surface area contributed by atoms with Gasteiger partial charge in [-0.05, 0) is 67.7 Å². The fraction of sp³-hybridized carbons (Fsp3) is 0.467. The van der Waals surface area contributed by atoms with E-state index in [1.807, 2.05) is 24.3 Å². The summed E-state index contributed by atoms with van der Waals surface area (Å²) in [4.78, 5) is 160. The Balaban J connectivity index is 1.14. The van der Waals surface area contributed by atoms with Gasteiger partial charge < -0.3 is 79.4 Å². The molecule has 6 rings (SSSR count). The number of nitrogens with two attached hydrogens (primary N) is 3. The molecule has 1 unspecified atom stereocenters. The number of likely N-dealkylation sites (tertiary alicyclic amines) is 2. The van der Waals surface area contributed by atoms with Crippen LogP contribution in [0.2, 0.25) is 0 Å². The SMILES string of the molecule is CN=C(N)NCCC[C@H](NC(=O)[C@H](CC(C)C)NC(=O)NNC(=O)[C@H](Cc1ccccc1)NC(=O)[C@@H](NC(=O)[C@H](CC(N)=O)NC(=O)[C@@H]1C[C@@H](O)C(c2ccccc2)N1C(=O)[C@@H]1CCCN1C(C)=O)[C@@H](C)O)C(=O)N[C@@H](Cc1c[nH]c2ccccc12)C(N)=O. The van der Waals surface area contributed by atoms with E-state index in [4.69, 9.17) is 17.2 Å². The van der Waals surface area contributed by atoms with Crippen LogP contribution >= 0.6 is 0 Å². The summed E-state index contributed by atoms with van der Waals surface area (Å²) in [5.41, 5.74) is 24.0. The lowest BCUT2D eigenvalue weighted by atomic mass is 10.0. The first-order valence-electron chi connectivity index (χ1n) is 29.4. The summed E-state index contributed by atoms with van der Waals surface area (Å²) in [6.07, 6.45) is -1.56. The van der Waals surface area contributed by atoms with Gasteiger partial charge in [0.25, 0.3) is 5.91 Å². The fourth-order valence-electron chi connectivity index (χ4n) is 10.9. The summed E-state index contributed by atoms with van der Waals surface area (Å²) in [5.74, 6) is -8.88. The molecule has 1 aromatic heterocycles. The molecule has 18 N–H and O–H groups in total. The molecule has 29 nitrogen and oxygen atoms in total. The molecule has 0 radical (unpaired) electrons. The van der Waals surface area contributed by atoms with Crippen LogP contribution in [0.4, 0.5) is 4.79 Å². The number of hydrazine groups is 1. The number of carbonyl (C=O) groups is 11. The Hall–Kier alpha value is -9.64. The van der Waals surface area contributed by atoms with Crippen molar-refractivity contribution in [1.29, 1.82) is 0 Å². The molecule has 3 aromatic carbocycles. The normalized spacial score (nSPS) is 18.9. The molecule has 3 heterocycles. The average molecular weight is 1240 g/mol. The molecule has 12 amide bonds. The molecule has 29 heteroatoms. The number of urea groups is 1. The molecule has 11 atom stereocenters. The van der Waals surface area contributed by atoms with Crippen LogP contribution in [0.5, 0.6) is 0 Å². The van der Waals surface area contributed by atoms with Gasteiger partial charge >= 0.3 is 6.03 Å². The van der Waals surface area contributed by atoms with Crippen LogP contribution in [0.1, 0.15) is 95.4 Å². The monoisotopic (exact) mass is 1230 g/mol. The van der Waals surface area contributed by atoms with Gasteiger partial charge in [0.05, 0.1) is 24.7 Å². The average Bonchev–Trinajstić information content (AvgIpc) is 1.92. The van der Waals surface area contributed by atoms with Gasteiger partial charge in [0, 0.05) is 63.4 Å². The summed E-state index contributed by atoms with van der Waals surface area (Å²) in [7, 11) is 1.48. The third-order valence-electron chi connectivity index (χ3n) is 15.4. The first-order chi connectivity index (χ1) is 42.4. The van der Waals surface area contributed by atoms with E-state index in [9.17, 15) is 63.0 Å². The number of hydrogen-bond acceptors (Lipinski definition) is 14. The highest BCUT2D eigenvalue weighted by atomic mass is 16.3. The highest BCUT2D eigenvalue weighted by Crippen LogP contribution is 2.39. The molecule has 0 saturated carbocycles. The number of primary amides is 2. The standard InChI is InChI=1S/C60H82N16O13/c1-32(2)26-42(53(83)67-40(22-14-24-65-59(63)64-5)52(82)68-41(51(62)81)28-37-31-66-39-21-13-12-20-38(37)39)71-60(89)74-73-55(85)43(27-35-16-8-6-9-17-35)70-57(87)49(33(3)77)72-54(84)44(29-48(61)80)69-56(86)46-30-47(79)50(36-18-10-7-11-19-36)76(46)58(88)45-23-15-25-75(45)34(4)78/h6-13,16-21,31-33,40-47,49-50,66,77,79H,14-15,22-30H2,1-5H3,(H2,61,80)(H2,62,81)(H,67,83)(H,68,82)(H,69,86)(H,70,87)(H,72,84)(H,73,85)(H3,63,64,65)(H2,71,74,89)/t33-,40+,41+,42+,43+,44+,45+,46+,47-,49+,50?/m1/s1. The lowest BCUT2D eigenvalue weighted by molar-refractivity contribution is -0.148. The van der Waals surface area contributed by atoms with Gasteiger partial charge in [-0.25, -0.2) is 10.2 Å². The number of hydrogen-bond donors (Lipinski definition) is 15. The summed E-state index contributed by atoms with van der Waals surface area (Å²) >= 11 is 0. The molecule has 2 fully saturated rings. The summed E-state index contributed by atoms with van der Waals surface area (Å²) in [6.45, 7) is 6.54. The lowest BCUT2D eigenvalue weighted by Crippen LogP contribution is -2.62. The second kappa shape index (κ2) is 32.4. The van der Waals surface area contributed by atoms with Crippen LogP contribution in [0.25, 0.3) is 10.9 Å². The van der Waals surface area contributed by atoms with Crippen molar-refractivity contribution < 1.29 is 63.0 Å². The van der Waals surface area contributed by atoms with Crippen molar-refractivity contribution >= 4 is 82.0 Å². The number of aromatic nitrogens is 1. The molecule has 4 aromatic rings. The van der Waals surface area contributed by atoms with E-state index >= 15 is 0 Å². The van der Waals surface area contributed by atoms with Crippen molar-refractivity contribution in [2.24, 2.45) is 28.1 Å². The zero-order valence-corrected chi connectivity index (χ0v) is 50.3. The van der Waals surface area contributed by atoms with Gasteiger partial charge in [0.2, 0.25) is 53.2 Å². The second-order valence-electron chi connectivity index (χ2n) is 22.5. The molecule has 89 heavy (non-hydrogen) atoms. The minimum atomic E-state index is -1.88. The predicted octanol–water partition coefficient (Wildman–Crippen LogP) is -2.11. The van der Waals surface area contributed by atoms with E-state index in [0.717, 1.165) is 17.8 Å². The topological polar surface area (TPSA) is 449 Å². The third-order valence-corrected chi connectivity index (χ3v) is 15.4. The Morgan fingerprint density at radius 3 is 1.97 bits per heavy atom. The van der Waals surface area contributed by atoms with Crippen LogP contribution in [0.15, 0.2) is 96.1 Å². The molecular weight excluding hydrogens is 1150 g/mol. The lowest BCUT2D eigenvalue weighted by Gasteiger charge is -2.35. The highest BCUT2D eigenvalue weighted by molar-refractivity contribution is 5.99. The van der Waals surface area contributed by atoms with E-state index < -0.39 is 132 Å². The van der Waals surface area contributed by atoms with Crippen LogP contribution in [0, 0.1) is 5.92 Å². The molecule has 0 aliphatic carbocycles. The number of carbonyl (C=O) groups excluding carboxylic acids is 11. The van der Waals surface area contributed by atoms with Gasteiger partial charge in [0.15, 0.2) is 5.96 Å². The maximum absolute atomic E-state index is 14.4. The number of benzene rings is 3. The number of aliphatic hydroxyl groups excluding tert-OH is 2. The van der Waals surface area contributed by atoms with Gasteiger partial charge in [-0.3, -0.25) is 58.4 Å². The first-order valence-corrected chi connectivity index (χ1v) is 29.4. The van der Waals surface area contributed by atoms with Crippen molar-refractivity contribution in [1.82, 2.24) is 62.9 Å². The number of aliphatic hydroxyl groups is 2. The van der Waals surface area contributed by atoms with Crippen molar-refractivity contribution in [2.45, 2.75) is 152 Å². The van der Waals surface area contributed by atoms with E-state index in [2.05, 4.69) is 58.0 Å². The second-order valence-corrected chi connectivity index (χ2v) is 22.5. The fourth-order valence-corrected chi connectivity index (χ4v) is 10.9. The minimum absolute atomic E-state index is 0.0177. The highest BCUT2D eigenvalue weighted by Gasteiger charge is 2.51. The molecule has 0 bridgehead atoms. The van der Waals surface area contributed by atoms with Crippen molar-refractivity contribution in [3.05, 3.63) is 108 Å². The first kappa shape index (κ1) is 68.5. The van der Waals surface area contributed by atoms with Gasteiger partial charge in [-0.15, -0.1) is 0 Å². The number of H-pyrrole nitrogens is 1.